The second-order valence-electron chi connectivity index (χ2n) is 5.11. The van der Waals surface area contributed by atoms with Gasteiger partial charge in [0.1, 0.15) is 0 Å². The zero-order valence-electron chi connectivity index (χ0n) is 7.63. The number of hydrogen-bond acceptors (Lipinski definition) is 3. The fraction of sp³-hybridized carbons (Fsp3) is 0.800. The van der Waals surface area contributed by atoms with Gasteiger partial charge in [-0.15, -0.1) is 0 Å². The fourth-order valence-corrected chi connectivity index (χ4v) is 3.51. The lowest BCUT2D eigenvalue weighted by Crippen LogP contribution is -2.28. The number of carbonyl (C=O) groups is 2. The molecule has 0 radical (unpaired) electrons. The van der Waals surface area contributed by atoms with Gasteiger partial charge < -0.3 is 4.74 Å². The first-order valence-electron chi connectivity index (χ1n) is 4.82. The number of esters is 2. The maximum atomic E-state index is 11.5. The standard InChI is InChI=1S/C10H12O3/c1-9-2-3-10(5-9)6(4-9)7(11)13-8(10)12/h6H,2-5H2,1H3. The third-order valence-corrected chi connectivity index (χ3v) is 4.17. The maximum absolute atomic E-state index is 11.5. The van der Waals surface area contributed by atoms with Crippen LogP contribution in [0.3, 0.4) is 0 Å². The topological polar surface area (TPSA) is 43.4 Å². The zero-order valence-corrected chi connectivity index (χ0v) is 7.63. The van der Waals surface area contributed by atoms with Gasteiger partial charge in [-0.2, -0.15) is 0 Å². The van der Waals surface area contributed by atoms with Crippen molar-refractivity contribution in [3.8, 4) is 0 Å². The number of cyclic esters (lactones) is 2. The minimum atomic E-state index is -0.397. The van der Waals surface area contributed by atoms with Crippen LogP contribution in [-0.4, -0.2) is 11.9 Å². The van der Waals surface area contributed by atoms with Crippen molar-refractivity contribution in [2.75, 3.05) is 0 Å². The summed E-state index contributed by atoms with van der Waals surface area (Å²) in [5, 5.41) is 0. The van der Waals surface area contributed by atoms with E-state index in [0.717, 1.165) is 25.7 Å². The highest BCUT2D eigenvalue weighted by atomic mass is 16.6. The number of carbonyl (C=O) groups excluding carboxylic acids is 2. The summed E-state index contributed by atoms with van der Waals surface area (Å²) in [6.07, 6.45) is 3.66. The summed E-state index contributed by atoms with van der Waals surface area (Å²) in [7, 11) is 0. The lowest BCUT2D eigenvalue weighted by atomic mass is 9.75. The molecule has 0 amide bonds. The van der Waals surface area contributed by atoms with Crippen LogP contribution in [0.5, 0.6) is 0 Å². The van der Waals surface area contributed by atoms with Crippen LogP contribution in [0.4, 0.5) is 0 Å². The third-order valence-electron chi connectivity index (χ3n) is 4.17. The minimum Gasteiger partial charge on any atom is -0.392 e. The van der Waals surface area contributed by atoms with E-state index in [1.807, 2.05) is 0 Å². The Bertz CT molecular complexity index is 322. The smallest absolute Gasteiger partial charge is 0.320 e. The molecule has 0 aromatic heterocycles. The van der Waals surface area contributed by atoms with E-state index in [-0.39, 0.29) is 23.3 Å². The highest BCUT2D eigenvalue weighted by Gasteiger charge is 2.69. The van der Waals surface area contributed by atoms with Crippen molar-refractivity contribution < 1.29 is 14.3 Å². The van der Waals surface area contributed by atoms with Crippen LogP contribution in [0.15, 0.2) is 0 Å². The third kappa shape index (κ3) is 0.675. The second kappa shape index (κ2) is 1.81. The SMILES string of the molecule is CC12CCC3(C1)C(=O)OC(=O)C3C2. The molecule has 1 heterocycles. The summed E-state index contributed by atoms with van der Waals surface area (Å²) in [5.41, 5.74) is -0.161. The van der Waals surface area contributed by atoms with Crippen LogP contribution in [0, 0.1) is 16.7 Å². The highest BCUT2D eigenvalue weighted by molar-refractivity contribution is 6.00. The summed E-state index contributed by atoms with van der Waals surface area (Å²) in [4.78, 5) is 22.9. The molecule has 3 aliphatic rings. The van der Waals surface area contributed by atoms with Crippen molar-refractivity contribution in [3.63, 3.8) is 0 Å². The molecule has 0 aromatic rings. The molecule has 13 heavy (non-hydrogen) atoms. The van der Waals surface area contributed by atoms with Crippen LogP contribution in [-0.2, 0) is 14.3 Å². The molecular formula is C10H12O3. The molecule has 1 aliphatic heterocycles. The van der Waals surface area contributed by atoms with Gasteiger partial charge in [0.05, 0.1) is 11.3 Å². The molecule has 3 fully saturated rings. The summed E-state index contributed by atoms with van der Waals surface area (Å²) < 4.78 is 4.72. The number of hydrogen-bond donors (Lipinski definition) is 0. The van der Waals surface area contributed by atoms with Crippen molar-refractivity contribution in [1.29, 1.82) is 0 Å². The van der Waals surface area contributed by atoms with Crippen molar-refractivity contribution in [1.82, 2.24) is 0 Å². The first-order chi connectivity index (χ1) is 6.06. The van der Waals surface area contributed by atoms with E-state index in [9.17, 15) is 9.59 Å². The molecule has 0 aromatic carbocycles. The molecule has 1 spiro atoms. The molecule has 3 heteroatoms. The number of fused-ring (bicyclic) bond motifs is 1. The van der Waals surface area contributed by atoms with Crippen molar-refractivity contribution in [3.05, 3.63) is 0 Å². The van der Waals surface area contributed by atoms with E-state index < -0.39 is 5.41 Å². The molecule has 2 saturated carbocycles. The van der Waals surface area contributed by atoms with Gasteiger partial charge in [0.2, 0.25) is 0 Å². The Morgan fingerprint density at radius 3 is 2.77 bits per heavy atom. The summed E-state index contributed by atoms with van der Waals surface area (Å²) in [6, 6.07) is 0. The van der Waals surface area contributed by atoms with Gasteiger partial charge in [-0.25, -0.2) is 0 Å². The molecule has 2 bridgehead atoms. The summed E-state index contributed by atoms with van der Waals surface area (Å²) in [6.45, 7) is 2.18. The Balaban J connectivity index is 2.11. The normalized spacial score (nSPS) is 52.5. The van der Waals surface area contributed by atoms with Gasteiger partial charge in [0.15, 0.2) is 0 Å². The molecule has 3 nitrogen and oxygen atoms in total. The quantitative estimate of drug-likeness (QED) is 0.416. The van der Waals surface area contributed by atoms with Gasteiger partial charge in [0, 0.05) is 0 Å². The molecule has 3 rings (SSSR count). The van der Waals surface area contributed by atoms with E-state index >= 15 is 0 Å². The van der Waals surface area contributed by atoms with Crippen LogP contribution in [0.25, 0.3) is 0 Å². The lowest BCUT2D eigenvalue weighted by molar-refractivity contribution is -0.155. The Kier molecular flexibility index (Phi) is 1.05. The Labute approximate surface area is 76.4 Å². The largest absolute Gasteiger partial charge is 0.392 e. The van der Waals surface area contributed by atoms with Crippen molar-refractivity contribution in [2.24, 2.45) is 16.7 Å². The van der Waals surface area contributed by atoms with Crippen LogP contribution < -0.4 is 0 Å². The predicted molar refractivity (Wildman–Crippen MR) is 43.6 cm³/mol. The molecule has 70 valence electrons. The van der Waals surface area contributed by atoms with Crippen LogP contribution in [0.1, 0.15) is 32.6 Å². The fourth-order valence-electron chi connectivity index (χ4n) is 3.51. The van der Waals surface area contributed by atoms with Crippen LogP contribution >= 0.6 is 0 Å². The van der Waals surface area contributed by atoms with Crippen molar-refractivity contribution >= 4 is 11.9 Å². The summed E-state index contributed by atoms with van der Waals surface area (Å²) in [5.74, 6) is -0.629. The van der Waals surface area contributed by atoms with E-state index in [4.69, 9.17) is 4.74 Å². The molecule has 1 saturated heterocycles. The molecule has 3 unspecified atom stereocenters. The second-order valence-corrected chi connectivity index (χ2v) is 5.11. The maximum Gasteiger partial charge on any atom is 0.320 e. The zero-order chi connectivity index (χ0) is 9.27. The molecule has 0 N–H and O–H groups in total. The highest BCUT2D eigenvalue weighted by Crippen LogP contribution is 2.66. The number of rotatable bonds is 0. The Morgan fingerprint density at radius 1 is 1.38 bits per heavy atom. The van der Waals surface area contributed by atoms with E-state index in [0.29, 0.717) is 0 Å². The average molecular weight is 180 g/mol. The average Bonchev–Trinajstić information content (AvgIpc) is 2.61. The Morgan fingerprint density at radius 2 is 2.15 bits per heavy atom. The minimum absolute atomic E-state index is 0.112. The Hall–Kier alpha value is -0.860. The van der Waals surface area contributed by atoms with Crippen molar-refractivity contribution in [2.45, 2.75) is 32.6 Å². The first-order valence-corrected chi connectivity index (χ1v) is 4.82. The summed E-state index contributed by atoms with van der Waals surface area (Å²) >= 11 is 0. The lowest BCUT2D eigenvalue weighted by Gasteiger charge is -2.23. The monoisotopic (exact) mass is 180 g/mol. The predicted octanol–water partition coefficient (Wildman–Crippen LogP) is 1.27. The number of ether oxygens (including phenoxy) is 1. The van der Waals surface area contributed by atoms with E-state index in [1.54, 1.807) is 0 Å². The van der Waals surface area contributed by atoms with E-state index in [2.05, 4.69) is 6.92 Å². The van der Waals surface area contributed by atoms with Crippen LogP contribution in [0.2, 0.25) is 0 Å². The van der Waals surface area contributed by atoms with Gasteiger partial charge >= 0.3 is 11.9 Å². The first kappa shape index (κ1) is 7.54. The molecule has 3 atom stereocenters. The van der Waals surface area contributed by atoms with E-state index in [1.165, 1.54) is 0 Å². The molecular weight excluding hydrogens is 168 g/mol. The molecule has 2 aliphatic carbocycles. The van der Waals surface area contributed by atoms with Gasteiger partial charge in [-0.1, -0.05) is 6.92 Å². The van der Waals surface area contributed by atoms with Gasteiger partial charge in [0.25, 0.3) is 0 Å². The van der Waals surface area contributed by atoms with Gasteiger partial charge in [-0.3, -0.25) is 9.59 Å². The van der Waals surface area contributed by atoms with Gasteiger partial charge in [-0.05, 0) is 31.1 Å².